The van der Waals surface area contributed by atoms with Crippen LogP contribution < -0.4 is 0 Å². The lowest BCUT2D eigenvalue weighted by Gasteiger charge is -2.27. The standard InChI is InChI=1S/C11H19F2NO3/c1-10(2,3)17-9(15)14-7-11(12,13)5-8(14)6-16-4/h8H,5-7H2,1-4H3. The number of nitrogens with zero attached hydrogens (tertiary/aromatic N) is 1. The number of likely N-dealkylation sites (tertiary alicyclic amines) is 1. The third-order valence-corrected chi connectivity index (χ3v) is 2.36. The third-order valence-electron chi connectivity index (χ3n) is 2.36. The summed E-state index contributed by atoms with van der Waals surface area (Å²) in [4.78, 5) is 12.8. The number of halogens is 2. The predicted octanol–water partition coefficient (Wildman–Crippen LogP) is 2.28. The highest BCUT2D eigenvalue weighted by atomic mass is 19.3. The summed E-state index contributed by atoms with van der Waals surface area (Å²) in [5.74, 6) is -2.86. The van der Waals surface area contributed by atoms with Crippen LogP contribution in [-0.4, -0.2) is 48.8 Å². The molecule has 0 spiro atoms. The Morgan fingerprint density at radius 2 is 2.06 bits per heavy atom. The maximum absolute atomic E-state index is 13.3. The van der Waals surface area contributed by atoms with Gasteiger partial charge in [-0.2, -0.15) is 0 Å². The van der Waals surface area contributed by atoms with E-state index in [9.17, 15) is 13.6 Å². The number of hydrogen-bond donors (Lipinski definition) is 0. The Bertz CT molecular complexity index is 289. The molecule has 6 heteroatoms. The molecule has 0 aromatic rings. The van der Waals surface area contributed by atoms with Crippen LogP contribution in [0.3, 0.4) is 0 Å². The molecule has 4 nitrogen and oxygen atoms in total. The van der Waals surface area contributed by atoms with Crippen LogP contribution in [0.25, 0.3) is 0 Å². The van der Waals surface area contributed by atoms with E-state index in [4.69, 9.17) is 9.47 Å². The first kappa shape index (κ1) is 14.2. The van der Waals surface area contributed by atoms with Gasteiger partial charge in [0.15, 0.2) is 0 Å². The highest BCUT2D eigenvalue weighted by Crippen LogP contribution is 2.33. The van der Waals surface area contributed by atoms with Crippen molar-refractivity contribution in [2.75, 3.05) is 20.3 Å². The van der Waals surface area contributed by atoms with E-state index in [1.807, 2.05) is 0 Å². The van der Waals surface area contributed by atoms with E-state index < -0.39 is 30.2 Å². The molecule has 0 aliphatic carbocycles. The van der Waals surface area contributed by atoms with Crippen LogP contribution in [0.1, 0.15) is 27.2 Å². The maximum Gasteiger partial charge on any atom is 0.410 e. The lowest BCUT2D eigenvalue weighted by Crippen LogP contribution is -2.42. The number of ether oxygens (including phenoxy) is 2. The van der Waals surface area contributed by atoms with Crippen molar-refractivity contribution in [2.45, 2.75) is 44.8 Å². The van der Waals surface area contributed by atoms with Gasteiger partial charge in [-0.3, -0.25) is 4.90 Å². The largest absolute Gasteiger partial charge is 0.444 e. The van der Waals surface area contributed by atoms with Gasteiger partial charge >= 0.3 is 6.09 Å². The molecule has 100 valence electrons. The van der Waals surface area contributed by atoms with Gasteiger partial charge in [0.2, 0.25) is 0 Å². The Labute approximate surface area is 99.9 Å². The van der Waals surface area contributed by atoms with Gasteiger partial charge in [0, 0.05) is 13.5 Å². The highest BCUT2D eigenvalue weighted by molar-refractivity contribution is 5.69. The first-order valence-electron chi connectivity index (χ1n) is 5.51. The molecular weight excluding hydrogens is 232 g/mol. The smallest absolute Gasteiger partial charge is 0.410 e. The number of carbonyl (C=O) groups is 1. The molecule has 1 saturated heterocycles. The molecule has 0 saturated carbocycles. The minimum absolute atomic E-state index is 0.0921. The lowest BCUT2D eigenvalue weighted by molar-refractivity contribution is -0.00313. The molecule has 17 heavy (non-hydrogen) atoms. The molecule has 1 rings (SSSR count). The fraction of sp³-hybridized carbons (Fsp3) is 0.909. The number of amides is 1. The monoisotopic (exact) mass is 251 g/mol. The van der Waals surface area contributed by atoms with Crippen LogP contribution in [0.4, 0.5) is 13.6 Å². The van der Waals surface area contributed by atoms with Gasteiger partial charge in [0.1, 0.15) is 5.60 Å². The van der Waals surface area contributed by atoms with Gasteiger partial charge in [-0.25, -0.2) is 13.6 Å². The topological polar surface area (TPSA) is 38.8 Å². The van der Waals surface area contributed by atoms with E-state index in [2.05, 4.69) is 0 Å². The second-order valence-corrected chi connectivity index (χ2v) is 5.28. The second kappa shape index (κ2) is 4.76. The van der Waals surface area contributed by atoms with Crippen LogP contribution in [0.2, 0.25) is 0 Å². The minimum atomic E-state index is -2.86. The van der Waals surface area contributed by atoms with Crippen LogP contribution in [0.15, 0.2) is 0 Å². The summed E-state index contributed by atoms with van der Waals surface area (Å²) in [6, 6.07) is -0.621. The molecule has 0 bridgehead atoms. The van der Waals surface area contributed by atoms with Crippen molar-refractivity contribution in [1.29, 1.82) is 0 Å². The van der Waals surface area contributed by atoms with Gasteiger partial charge in [0.25, 0.3) is 5.92 Å². The van der Waals surface area contributed by atoms with Gasteiger partial charge in [0.05, 0.1) is 19.2 Å². The van der Waals surface area contributed by atoms with Crippen molar-refractivity contribution in [2.24, 2.45) is 0 Å². The Kier molecular flexibility index (Phi) is 3.96. The van der Waals surface area contributed by atoms with Gasteiger partial charge < -0.3 is 9.47 Å². The predicted molar refractivity (Wildman–Crippen MR) is 58.2 cm³/mol. The van der Waals surface area contributed by atoms with E-state index in [1.54, 1.807) is 20.8 Å². The summed E-state index contributed by atoms with van der Waals surface area (Å²) in [5, 5.41) is 0. The zero-order chi connectivity index (χ0) is 13.3. The van der Waals surface area contributed by atoms with Crippen molar-refractivity contribution in [3.63, 3.8) is 0 Å². The van der Waals surface area contributed by atoms with Crippen LogP contribution in [-0.2, 0) is 9.47 Å². The van der Waals surface area contributed by atoms with E-state index >= 15 is 0 Å². The number of carbonyl (C=O) groups excluding carboxylic acids is 1. The molecule has 1 unspecified atom stereocenters. The SMILES string of the molecule is COCC1CC(F)(F)CN1C(=O)OC(C)(C)C. The molecule has 1 aliphatic heterocycles. The average molecular weight is 251 g/mol. The highest BCUT2D eigenvalue weighted by Gasteiger charge is 2.48. The summed E-state index contributed by atoms with van der Waals surface area (Å²) < 4.78 is 36.4. The van der Waals surface area contributed by atoms with Gasteiger partial charge in [-0.15, -0.1) is 0 Å². The maximum atomic E-state index is 13.3. The zero-order valence-corrected chi connectivity index (χ0v) is 10.6. The average Bonchev–Trinajstić information content (AvgIpc) is 2.39. The van der Waals surface area contributed by atoms with Crippen molar-refractivity contribution >= 4 is 6.09 Å². The fourth-order valence-corrected chi connectivity index (χ4v) is 1.77. The van der Waals surface area contributed by atoms with E-state index in [0.29, 0.717) is 0 Å². The molecule has 1 atom stereocenters. The number of rotatable bonds is 2. The Morgan fingerprint density at radius 3 is 2.53 bits per heavy atom. The summed E-state index contributed by atoms with van der Waals surface area (Å²) in [5.41, 5.74) is -0.688. The summed E-state index contributed by atoms with van der Waals surface area (Å²) >= 11 is 0. The summed E-state index contributed by atoms with van der Waals surface area (Å²) in [6.45, 7) is 4.59. The lowest BCUT2D eigenvalue weighted by atomic mass is 10.2. The van der Waals surface area contributed by atoms with Crippen molar-refractivity contribution in [1.82, 2.24) is 4.90 Å². The molecule has 1 fully saturated rings. The van der Waals surface area contributed by atoms with Crippen LogP contribution >= 0.6 is 0 Å². The number of methoxy groups -OCH3 is 1. The molecule has 1 amide bonds. The van der Waals surface area contributed by atoms with Crippen LogP contribution in [0, 0.1) is 0 Å². The fourth-order valence-electron chi connectivity index (χ4n) is 1.77. The zero-order valence-electron chi connectivity index (χ0n) is 10.6. The Hall–Kier alpha value is -0.910. The van der Waals surface area contributed by atoms with E-state index in [-0.39, 0.29) is 13.0 Å². The second-order valence-electron chi connectivity index (χ2n) is 5.28. The molecule has 0 aromatic carbocycles. The summed E-state index contributed by atoms with van der Waals surface area (Å²) in [7, 11) is 1.42. The van der Waals surface area contributed by atoms with Gasteiger partial charge in [-0.1, -0.05) is 0 Å². The van der Waals surface area contributed by atoms with E-state index in [1.165, 1.54) is 7.11 Å². The molecule has 0 N–H and O–H groups in total. The first-order valence-corrected chi connectivity index (χ1v) is 5.51. The number of alkyl halides is 2. The molecule has 1 aliphatic rings. The van der Waals surface area contributed by atoms with Crippen LogP contribution in [0.5, 0.6) is 0 Å². The van der Waals surface area contributed by atoms with E-state index in [0.717, 1.165) is 4.90 Å². The molecule has 0 radical (unpaired) electrons. The molecular formula is C11H19F2NO3. The molecule has 1 heterocycles. The third kappa shape index (κ3) is 4.11. The quantitative estimate of drug-likeness (QED) is 0.755. The first-order chi connectivity index (χ1) is 7.64. The van der Waals surface area contributed by atoms with Gasteiger partial charge in [-0.05, 0) is 20.8 Å². The minimum Gasteiger partial charge on any atom is -0.444 e. The molecule has 0 aromatic heterocycles. The van der Waals surface area contributed by atoms with Crippen molar-refractivity contribution in [3.05, 3.63) is 0 Å². The Morgan fingerprint density at radius 1 is 1.47 bits per heavy atom. The summed E-state index contributed by atoms with van der Waals surface area (Å²) in [6.07, 6.45) is -1.09. The van der Waals surface area contributed by atoms with Crippen molar-refractivity contribution in [3.8, 4) is 0 Å². The Balaban J connectivity index is 2.70. The number of hydrogen-bond acceptors (Lipinski definition) is 3. The normalized spacial score (nSPS) is 23.9. The van der Waals surface area contributed by atoms with Crippen molar-refractivity contribution < 1.29 is 23.0 Å².